The first-order valence-corrected chi connectivity index (χ1v) is 6.69. The van der Waals surface area contributed by atoms with Crippen molar-refractivity contribution in [3.8, 4) is 0 Å². The maximum Gasteiger partial charge on any atom is 0.0795 e. The van der Waals surface area contributed by atoms with Crippen LogP contribution in [0.15, 0.2) is 10.9 Å². The molecule has 2 saturated heterocycles. The fourth-order valence-electron chi connectivity index (χ4n) is 2.81. The monoisotopic (exact) mass is 223 g/mol. The second-order valence-electron chi connectivity index (χ2n) is 4.61. The van der Waals surface area contributed by atoms with Gasteiger partial charge in [0, 0.05) is 31.1 Å². The third-order valence-corrected chi connectivity index (χ3v) is 4.24. The van der Waals surface area contributed by atoms with E-state index in [4.69, 9.17) is 0 Å². The van der Waals surface area contributed by atoms with Gasteiger partial charge in [0.25, 0.3) is 0 Å². The lowest BCUT2D eigenvalue weighted by atomic mass is 9.93. The summed E-state index contributed by atoms with van der Waals surface area (Å²) in [6, 6.07) is 0.802. The molecule has 1 aromatic rings. The van der Waals surface area contributed by atoms with Crippen molar-refractivity contribution in [2.45, 2.75) is 25.4 Å². The van der Waals surface area contributed by atoms with Crippen molar-refractivity contribution in [3.05, 3.63) is 16.6 Å². The molecule has 0 spiro atoms. The van der Waals surface area contributed by atoms with Crippen LogP contribution >= 0.6 is 11.3 Å². The molecule has 2 unspecified atom stereocenters. The molecule has 0 bridgehead atoms. The number of thiazole rings is 1. The molecular formula is C11H17N3S. The molecule has 2 aliphatic rings. The summed E-state index contributed by atoms with van der Waals surface area (Å²) in [5, 5.41) is 5.76. The first-order chi connectivity index (χ1) is 7.42. The number of fused-ring (bicyclic) bond motifs is 1. The van der Waals surface area contributed by atoms with E-state index in [0.717, 1.165) is 18.5 Å². The predicted molar refractivity (Wildman–Crippen MR) is 61.9 cm³/mol. The van der Waals surface area contributed by atoms with E-state index in [-0.39, 0.29) is 0 Å². The Morgan fingerprint density at radius 1 is 1.53 bits per heavy atom. The fourth-order valence-corrected chi connectivity index (χ4v) is 3.36. The van der Waals surface area contributed by atoms with Gasteiger partial charge in [-0.2, -0.15) is 0 Å². The molecule has 2 atom stereocenters. The predicted octanol–water partition coefficient (Wildman–Crippen LogP) is 1.33. The van der Waals surface area contributed by atoms with Crippen LogP contribution in [0.4, 0.5) is 0 Å². The van der Waals surface area contributed by atoms with E-state index in [1.165, 1.54) is 38.2 Å². The maximum absolute atomic E-state index is 4.36. The first kappa shape index (κ1) is 9.75. The summed E-state index contributed by atoms with van der Waals surface area (Å²) >= 11 is 1.70. The summed E-state index contributed by atoms with van der Waals surface area (Å²) in [4.78, 5) is 6.92. The van der Waals surface area contributed by atoms with Crippen LogP contribution < -0.4 is 5.32 Å². The minimum absolute atomic E-state index is 0.802. The van der Waals surface area contributed by atoms with E-state index in [2.05, 4.69) is 20.6 Å². The molecule has 0 amide bonds. The van der Waals surface area contributed by atoms with Crippen LogP contribution in [0.2, 0.25) is 0 Å². The summed E-state index contributed by atoms with van der Waals surface area (Å²) < 4.78 is 0. The molecule has 0 aliphatic carbocycles. The zero-order chi connectivity index (χ0) is 10.1. The van der Waals surface area contributed by atoms with Crippen LogP contribution in [-0.4, -0.2) is 35.6 Å². The van der Waals surface area contributed by atoms with Crippen molar-refractivity contribution in [1.82, 2.24) is 15.2 Å². The summed E-state index contributed by atoms with van der Waals surface area (Å²) in [5.74, 6) is 0.886. The highest BCUT2D eigenvalue weighted by Gasteiger charge is 2.32. The van der Waals surface area contributed by atoms with Crippen LogP contribution in [-0.2, 0) is 6.54 Å². The standard InChI is InChI=1S/C11H17N3S/c1-3-12-11-2-4-14(5-9(1)11)6-10-7-15-8-13-10/h7-9,11-12H,1-6H2. The lowest BCUT2D eigenvalue weighted by Gasteiger charge is -2.34. The summed E-state index contributed by atoms with van der Waals surface area (Å²) in [5.41, 5.74) is 3.17. The lowest BCUT2D eigenvalue weighted by molar-refractivity contribution is 0.154. The van der Waals surface area contributed by atoms with E-state index < -0.39 is 0 Å². The van der Waals surface area contributed by atoms with Gasteiger partial charge in [0.2, 0.25) is 0 Å². The molecule has 82 valence electrons. The van der Waals surface area contributed by atoms with Gasteiger partial charge in [-0.3, -0.25) is 4.90 Å². The Balaban J connectivity index is 1.59. The average Bonchev–Trinajstić information content (AvgIpc) is 2.87. The zero-order valence-corrected chi connectivity index (χ0v) is 9.67. The number of hydrogen-bond acceptors (Lipinski definition) is 4. The summed E-state index contributed by atoms with van der Waals surface area (Å²) in [6.07, 6.45) is 2.67. The molecule has 3 heterocycles. The number of hydrogen-bond donors (Lipinski definition) is 1. The Morgan fingerprint density at radius 2 is 2.53 bits per heavy atom. The largest absolute Gasteiger partial charge is 0.314 e. The highest BCUT2D eigenvalue weighted by Crippen LogP contribution is 2.25. The second-order valence-corrected chi connectivity index (χ2v) is 5.33. The van der Waals surface area contributed by atoms with Crippen molar-refractivity contribution in [3.63, 3.8) is 0 Å². The van der Waals surface area contributed by atoms with Crippen LogP contribution in [0.25, 0.3) is 0 Å². The molecule has 3 rings (SSSR count). The van der Waals surface area contributed by atoms with Crippen molar-refractivity contribution >= 4 is 11.3 Å². The minimum atomic E-state index is 0.802. The van der Waals surface area contributed by atoms with E-state index in [9.17, 15) is 0 Å². The minimum Gasteiger partial charge on any atom is -0.314 e. The number of nitrogens with zero attached hydrogens (tertiary/aromatic N) is 2. The van der Waals surface area contributed by atoms with E-state index in [1.54, 1.807) is 11.3 Å². The Morgan fingerprint density at radius 3 is 3.40 bits per heavy atom. The molecule has 2 aliphatic heterocycles. The summed E-state index contributed by atoms with van der Waals surface area (Å²) in [7, 11) is 0. The first-order valence-electron chi connectivity index (χ1n) is 5.74. The molecule has 0 radical (unpaired) electrons. The number of nitrogens with one attached hydrogen (secondary N) is 1. The number of rotatable bonds is 2. The highest BCUT2D eigenvalue weighted by molar-refractivity contribution is 7.07. The van der Waals surface area contributed by atoms with Gasteiger partial charge < -0.3 is 5.32 Å². The summed E-state index contributed by atoms with van der Waals surface area (Å²) in [6.45, 7) is 4.76. The number of aromatic nitrogens is 1. The maximum atomic E-state index is 4.36. The molecule has 2 fully saturated rings. The van der Waals surface area contributed by atoms with Crippen LogP contribution in [0, 0.1) is 5.92 Å². The molecule has 1 N–H and O–H groups in total. The molecule has 0 saturated carbocycles. The zero-order valence-electron chi connectivity index (χ0n) is 8.85. The highest BCUT2D eigenvalue weighted by atomic mass is 32.1. The van der Waals surface area contributed by atoms with Crippen LogP contribution in [0.1, 0.15) is 18.5 Å². The van der Waals surface area contributed by atoms with Gasteiger partial charge in [0.1, 0.15) is 0 Å². The second kappa shape index (κ2) is 4.20. The number of likely N-dealkylation sites (tertiary alicyclic amines) is 1. The van der Waals surface area contributed by atoms with Gasteiger partial charge in [-0.1, -0.05) is 0 Å². The third kappa shape index (κ3) is 2.07. The van der Waals surface area contributed by atoms with Gasteiger partial charge in [-0.15, -0.1) is 11.3 Å². The smallest absolute Gasteiger partial charge is 0.0795 e. The van der Waals surface area contributed by atoms with Gasteiger partial charge in [-0.25, -0.2) is 4.98 Å². The van der Waals surface area contributed by atoms with Crippen molar-refractivity contribution < 1.29 is 0 Å². The van der Waals surface area contributed by atoms with Crippen molar-refractivity contribution in [1.29, 1.82) is 0 Å². The van der Waals surface area contributed by atoms with E-state index >= 15 is 0 Å². The van der Waals surface area contributed by atoms with Crippen LogP contribution in [0.3, 0.4) is 0 Å². The quantitative estimate of drug-likeness (QED) is 0.820. The normalized spacial score (nSPS) is 31.7. The third-order valence-electron chi connectivity index (χ3n) is 3.61. The lowest BCUT2D eigenvalue weighted by Crippen LogP contribution is -2.43. The molecule has 3 nitrogen and oxygen atoms in total. The topological polar surface area (TPSA) is 28.2 Å². The molecular weight excluding hydrogens is 206 g/mol. The van der Waals surface area contributed by atoms with Gasteiger partial charge in [0.15, 0.2) is 0 Å². The van der Waals surface area contributed by atoms with Gasteiger partial charge in [-0.05, 0) is 25.3 Å². The molecule has 15 heavy (non-hydrogen) atoms. The molecule has 0 aromatic carbocycles. The molecule has 4 heteroatoms. The Bertz CT molecular complexity index is 312. The van der Waals surface area contributed by atoms with Gasteiger partial charge in [0.05, 0.1) is 11.2 Å². The Kier molecular flexibility index (Phi) is 2.73. The van der Waals surface area contributed by atoms with Crippen molar-refractivity contribution in [2.24, 2.45) is 5.92 Å². The van der Waals surface area contributed by atoms with Crippen molar-refractivity contribution in [2.75, 3.05) is 19.6 Å². The SMILES string of the molecule is c1nc(CN2CCC3NCCC3C2)cs1. The Labute approximate surface area is 94.5 Å². The number of piperidine rings is 1. The average molecular weight is 223 g/mol. The Hall–Kier alpha value is -0.450. The van der Waals surface area contributed by atoms with Gasteiger partial charge >= 0.3 is 0 Å². The molecule has 1 aromatic heterocycles. The van der Waals surface area contributed by atoms with E-state index in [1.807, 2.05) is 5.51 Å². The van der Waals surface area contributed by atoms with E-state index in [0.29, 0.717) is 0 Å². The van der Waals surface area contributed by atoms with Crippen LogP contribution in [0.5, 0.6) is 0 Å². The fraction of sp³-hybridized carbons (Fsp3) is 0.727.